The van der Waals surface area contributed by atoms with Gasteiger partial charge in [-0.25, -0.2) is 0 Å². The van der Waals surface area contributed by atoms with Crippen LogP contribution < -0.4 is 4.90 Å². The summed E-state index contributed by atoms with van der Waals surface area (Å²) in [7, 11) is 0. The third-order valence-corrected chi connectivity index (χ3v) is 5.75. The summed E-state index contributed by atoms with van der Waals surface area (Å²) in [5.74, 6) is -1.63. The Kier molecular flexibility index (Phi) is 4.14. The largest absolute Gasteiger partial charge is 0.507 e. The van der Waals surface area contributed by atoms with Crippen LogP contribution in [0.15, 0.2) is 52.9 Å². The van der Waals surface area contributed by atoms with Crippen molar-refractivity contribution < 1.29 is 14.7 Å². The van der Waals surface area contributed by atoms with Crippen LogP contribution in [0.3, 0.4) is 0 Å². The molecule has 1 N–H and O–H groups in total. The van der Waals surface area contributed by atoms with Crippen molar-refractivity contribution in [2.24, 2.45) is 0 Å². The zero-order chi connectivity index (χ0) is 18.3. The van der Waals surface area contributed by atoms with Gasteiger partial charge in [0.15, 0.2) is 0 Å². The molecule has 1 atom stereocenters. The second kappa shape index (κ2) is 6.47. The SMILES string of the molecule is Cc1ccc(/C(O)=C2\C(=O)C(=O)N(c3nncs3)C2c2cccs2)cc1. The van der Waals surface area contributed by atoms with E-state index in [9.17, 15) is 14.7 Å². The number of rotatable bonds is 3. The van der Waals surface area contributed by atoms with E-state index in [1.807, 2.05) is 36.6 Å². The normalized spacial score (nSPS) is 19.3. The number of aliphatic hydroxyl groups excluding tert-OH is 1. The minimum absolute atomic E-state index is 0.0662. The van der Waals surface area contributed by atoms with Gasteiger partial charge in [-0.1, -0.05) is 47.2 Å². The predicted molar refractivity (Wildman–Crippen MR) is 100 cm³/mol. The molecule has 8 heteroatoms. The monoisotopic (exact) mass is 383 g/mol. The van der Waals surface area contributed by atoms with Gasteiger partial charge in [-0.15, -0.1) is 21.5 Å². The number of ketones is 1. The van der Waals surface area contributed by atoms with E-state index < -0.39 is 17.7 Å². The van der Waals surface area contributed by atoms with E-state index in [0.717, 1.165) is 10.4 Å². The maximum atomic E-state index is 12.8. The smallest absolute Gasteiger partial charge is 0.301 e. The van der Waals surface area contributed by atoms with Crippen molar-refractivity contribution in [1.29, 1.82) is 0 Å². The van der Waals surface area contributed by atoms with Crippen LogP contribution in [0.25, 0.3) is 5.76 Å². The zero-order valence-electron chi connectivity index (χ0n) is 13.6. The van der Waals surface area contributed by atoms with Crippen LogP contribution in [0.2, 0.25) is 0 Å². The fraction of sp³-hybridized carbons (Fsp3) is 0.111. The number of Topliss-reactive ketones (excluding diaryl/α,β-unsaturated/α-hetero) is 1. The molecule has 0 spiro atoms. The average molecular weight is 383 g/mol. The van der Waals surface area contributed by atoms with Crippen LogP contribution in [0, 0.1) is 6.92 Å². The summed E-state index contributed by atoms with van der Waals surface area (Å²) in [5.41, 5.74) is 3.09. The van der Waals surface area contributed by atoms with E-state index in [0.29, 0.717) is 10.7 Å². The number of carbonyl (C=O) groups excluding carboxylic acids is 2. The summed E-state index contributed by atoms with van der Waals surface area (Å²) in [6.45, 7) is 1.93. The number of hydrogen-bond donors (Lipinski definition) is 1. The molecule has 1 amide bonds. The van der Waals surface area contributed by atoms with Crippen molar-refractivity contribution in [1.82, 2.24) is 10.2 Å². The molecule has 3 aromatic rings. The third-order valence-electron chi connectivity index (χ3n) is 4.14. The van der Waals surface area contributed by atoms with E-state index in [4.69, 9.17) is 0 Å². The first-order valence-corrected chi connectivity index (χ1v) is 9.51. The van der Waals surface area contributed by atoms with Gasteiger partial charge in [-0.2, -0.15) is 0 Å². The highest BCUT2D eigenvalue weighted by molar-refractivity contribution is 7.13. The number of amides is 1. The average Bonchev–Trinajstić information content (AvgIpc) is 3.37. The van der Waals surface area contributed by atoms with Crippen LogP contribution in [0.5, 0.6) is 0 Å². The highest BCUT2D eigenvalue weighted by Gasteiger charge is 2.48. The minimum atomic E-state index is -0.725. The van der Waals surface area contributed by atoms with Gasteiger partial charge in [0.05, 0.1) is 5.57 Å². The van der Waals surface area contributed by atoms with Gasteiger partial charge in [0.1, 0.15) is 17.3 Å². The summed E-state index contributed by atoms with van der Waals surface area (Å²) < 4.78 is 0. The lowest BCUT2D eigenvalue weighted by Crippen LogP contribution is -2.29. The highest BCUT2D eigenvalue weighted by Crippen LogP contribution is 2.43. The molecule has 2 aromatic heterocycles. The molecule has 0 saturated carbocycles. The summed E-state index contributed by atoms with van der Waals surface area (Å²) in [6.07, 6.45) is 0. The van der Waals surface area contributed by atoms with Gasteiger partial charge in [-0.3, -0.25) is 14.5 Å². The van der Waals surface area contributed by atoms with E-state index in [-0.39, 0.29) is 11.3 Å². The second-order valence-electron chi connectivity index (χ2n) is 5.77. The van der Waals surface area contributed by atoms with Gasteiger partial charge < -0.3 is 5.11 Å². The summed E-state index contributed by atoms with van der Waals surface area (Å²) >= 11 is 2.58. The summed E-state index contributed by atoms with van der Waals surface area (Å²) in [5, 5.41) is 20.7. The van der Waals surface area contributed by atoms with Gasteiger partial charge >= 0.3 is 5.91 Å². The van der Waals surface area contributed by atoms with Crippen LogP contribution in [-0.4, -0.2) is 27.0 Å². The molecular formula is C18H13N3O3S2. The Morgan fingerprint density at radius 1 is 1.15 bits per heavy atom. The number of nitrogens with zero attached hydrogens (tertiary/aromatic N) is 3. The van der Waals surface area contributed by atoms with Gasteiger partial charge in [-0.05, 0) is 18.4 Å². The lowest BCUT2D eigenvalue weighted by atomic mass is 9.99. The van der Waals surface area contributed by atoms with E-state index in [1.54, 1.807) is 12.1 Å². The first-order chi connectivity index (χ1) is 12.6. The number of thiophene rings is 1. The first-order valence-electron chi connectivity index (χ1n) is 7.75. The Labute approximate surface area is 157 Å². The lowest BCUT2D eigenvalue weighted by molar-refractivity contribution is -0.132. The molecule has 0 radical (unpaired) electrons. The lowest BCUT2D eigenvalue weighted by Gasteiger charge is -2.20. The zero-order valence-corrected chi connectivity index (χ0v) is 15.3. The van der Waals surface area contributed by atoms with Crippen molar-refractivity contribution in [3.63, 3.8) is 0 Å². The van der Waals surface area contributed by atoms with Crippen LogP contribution in [0.1, 0.15) is 22.0 Å². The van der Waals surface area contributed by atoms with E-state index in [2.05, 4.69) is 10.2 Å². The minimum Gasteiger partial charge on any atom is -0.507 e. The number of hydrogen-bond acceptors (Lipinski definition) is 7. The van der Waals surface area contributed by atoms with Crippen molar-refractivity contribution in [3.8, 4) is 0 Å². The molecule has 0 aliphatic carbocycles. The quantitative estimate of drug-likeness (QED) is 0.425. The van der Waals surface area contributed by atoms with Crippen molar-refractivity contribution in [3.05, 3.63) is 68.9 Å². The second-order valence-corrected chi connectivity index (χ2v) is 7.56. The molecule has 0 bridgehead atoms. The van der Waals surface area contributed by atoms with E-state index in [1.165, 1.54) is 33.1 Å². The van der Waals surface area contributed by atoms with Crippen LogP contribution >= 0.6 is 22.7 Å². The first kappa shape index (κ1) is 16.6. The van der Waals surface area contributed by atoms with E-state index >= 15 is 0 Å². The molecule has 1 unspecified atom stereocenters. The fourth-order valence-corrected chi connectivity index (χ4v) is 4.29. The molecule has 130 valence electrons. The van der Waals surface area contributed by atoms with Gasteiger partial charge in [0, 0.05) is 10.4 Å². The van der Waals surface area contributed by atoms with Crippen molar-refractivity contribution >= 4 is 45.3 Å². The van der Waals surface area contributed by atoms with Crippen molar-refractivity contribution in [2.75, 3.05) is 4.90 Å². The maximum absolute atomic E-state index is 12.8. The molecule has 1 aromatic carbocycles. The molecule has 1 aliphatic rings. The number of aromatic nitrogens is 2. The Bertz CT molecular complexity index is 993. The predicted octanol–water partition coefficient (Wildman–Crippen LogP) is 3.53. The Balaban J connectivity index is 1.92. The highest BCUT2D eigenvalue weighted by atomic mass is 32.1. The third kappa shape index (κ3) is 2.63. The molecule has 26 heavy (non-hydrogen) atoms. The Morgan fingerprint density at radius 2 is 1.92 bits per heavy atom. The topological polar surface area (TPSA) is 83.4 Å². The van der Waals surface area contributed by atoms with Crippen molar-refractivity contribution in [2.45, 2.75) is 13.0 Å². The van der Waals surface area contributed by atoms with Gasteiger partial charge in [0.25, 0.3) is 5.78 Å². The summed E-state index contributed by atoms with van der Waals surface area (Å²) in [4.78, 5) is 27.5. The molecule has 4 rings (SSSR count). The molecule has 1 saturated heterocycles. The van der Waals surface area contributed by atoms with Crippen LogP contribution in [-0.2, 0) is 9.59 Å². The molecule has 1 aliphatic heterocycles. The molecule has 6 nitrogen and oxygen atoms in total. The fourth-order valence-electron chi connectivity index (χ4n) is 2.88. The van der Waals surface area contributed by atoms with Crippen LogP contribution in [0.4, 0.5) is 5.13 Å². The molecular weight excluding hydrogens is 370 g/mol. The number of aliphatic hydroxyl groups is 1. The molecule has 1 fully saturated rings. The molecule has 3 heterocycles. The number of carbonyl (C=O) groups is 2. The standard InChI is InChI=1S/C18H13N3O3S2/c1-10-4-6-11(7-5-10)15(22)13-14(12-3-2-8-25-12)21(17(24)16(13)23)18-20-19-9-26-18/h2-9,14,22H,1H3/b15-13+. The Hall–Kier alpha value is -2.84. The van der Waals surface area contributed by atoms with Gasteiger partial charge in [0.2, 0.25) is 5.13 Å². The summed E-state index contributed by atoms with van der Waals surface area (Å²) in [6, 6.07) is 10.1. The number of anilines is 1. The number of aryl methyl sites for hydroxylation is 1. The maximum Gasteiger partial charge on any atom is 0.301 e. The number of benzene rings is 1. The Morgan fingerprint density at radius 3 is 2.54 bits per heavy atom.